The van der Waals surface area contributed by atoms with Crippen LogP contribution >= 0.6 is 11.3 Å². The highest BCUT2D eigenvalue weighted by molar-refractivity contribution is 7.14. The summed E-state index contributed by atoms with van der Waals surface area (Å²) in [7, 11) is 0. The highest BCUT2D eigenvalue weighted by atomic mass is 32.1. The Morgan fingerprint density at radius 1 is 1.33 bits per heavy atom. The third kappa shape index (κ3) is 3.43. The molecule has 1 amide bonds. The van der Waals surface area contributed by atoms with Gasteiger partial charge in [0.25, 0.3) is 5.91 Å². The molecule has 3 rings (SSSR count). The van der Waals surface area contributed by atoms with E-state index in [1.807, 2.05) is 30.9 Å². The molecule has 24 heavy (non-hydrogen) atoms. The summed E-state index contributed by atoms with van der Waals surface area (Å²) in [5, 5.41) is 5.00. The molecule has 0 aromatic carbocycles. The second kappa shape index (κ2) is 7.30. The lowest BCUT2D eigenvalue weighted by Gasteiger charge is -2.30. The van der Waals surface area contributed by atoms with E-state index in [0.717, 1.165) is 71.4 Å². The lowest BCUT2D eigenvalue weighted by molar-refractivity contribution is 0.0656. The number of aryl methyl sites for hydroxylation is 3. The van der Waals surface area contributed by atoms with Gasteiger partial charge in [0.15, 0.2) is 0 Å². The number of likely N-dealkylation sites (tertiary alicyclic amines) is 1. The van der Waals surface area contributed by atoms with Gasteiger partial charge in [-0.1, -0.05) is 18.5 Å². The van der Waals surface area contributed by atoms with E-state index in [2.05, 4.69) is 17.1 Å². The number of hydrogen-bond acceptors (Lipinski definition) is 5. The molecule has 3 heterocycles. The highest BCUT2D eigenvalue weighted by Gasteiger charge is 2.25. The van der Waals surface area contributed by atoms with Crippen molar-refractivity contribution < 1.29 is 9.32 Å². The van der Waals surface area contributed by atoms with Crippen molar-refractivity contribution in [3.05, 3.63) is 32.6 Å². The Morgan fingerprint density at radius 3 is 2.79 bits per heavy atom. The average molecular weight is 345 g/mol. The molecule has 128 valence electrons. The van der Waals surface area contributed by atoms with E-state index in [1.54, 1.807) is 0 Å². The molecule has 0 bridgehead atoms. The fourth-order valence-electron chi connectivity index (χ4n) is 2.67. The lowest BCUT2D eigenvalue weighted by Crippen LogP contribution is -2.41. The predicted octanol–water partition coefficient (Wildman–Crippen LogP) is 4.11. The predicted molar refractivity (Wildman–Crippen MR) is 96.2 cm³/mol. The van der Waals surface area contributed by atoms with E-state index < -0.39 is 0 Å². The number of thiazole rings is 1. The van der Waals surface area contributed by atoms with Gasteiger partial charge in [-0.25, -0.2) is 4.98 Å². The third-order valence-corrected chi connectivity index (χ3v) is 5.40. The first-order valence-corrected chi connectivity index (χ1v) is 9.31. The maximum absolute atomic E-state index is 12.4. The van der Waals surface area contributed by atoms with Gasteiger partial charge in [0.1, 0.15) is 15.6 Å². The molecule has 2 aromatic heterocycles. The minimum Gasteiger partial charge on any atom is -0.361 e. The number of nitrogens with zero attached hydrogens (tertiary/aromatic N) is 3. The number of carbonyl (C=O) groups is 1. The van der Waals surface area contributed by atoms with Gasteiger partial charge in [0.2, 0.25) is 0 Å². The van der Waals surface area contributed by atoms with Crippen LogP contribution in [0, 0.1) is 13.8 Å². The number of aromatic nitrogens is 2. The van der Waals surface area contributed by atoms with E-state index >= 15 is 0 Å². The van der Waals surface area contributed by atoms with Gasteiger partial charge >= 0.3 is 0 Å². The van der Waals surface area contributed by atoms with Crippen molar-refractivity contribution in [1.82, 2.24) is 15.0 Å². The van der Waals surface area contributed by atoms with Crippen LogP contribution in [0.5, 0.6) is 0 Å². The van der Waals surface area contributed by atoms with E-state index in [9.17, 15) is 4.79 Å². The van der Waals surface area contributed by atoms with Crippen LogP contribution in [0.1, 0.15) is 63.6 Å². The molecule has 5 nitrogen and oxygen atoms in total. The second-order valence-electron chi connectivity index (χ2n) is 6.15. The van der Waals surface area contributed by atoms with Crippen LogP contribution in [0.3, 0.4) is 0 Å². The molecule has 6 heteroatoms. The van der Waals surface area contributed by atoms with Crippen LogP contribution in [0.2, 0.25) is 0 Å². The molecule has 0 atom stereocenters. The maximum Gasteiger partial charge on any atom is 0.265 e. The lowest BCUT2D eigenvalue weighted by atomic mass is 10.1. The van der Waals surface area contributed by atoms with E-state index in [-0.39, 0.29) is 5.91 Å². The maximum atomic E-state index is 12.4. The first-order chi connectivity index (χ1) is 11.6. The Morgan fingerprint density at radius 2 is 2.12 bits per heavy atom. The van der Waals surface area contributed by atoms with Gasteiger partial charge in [-0.3, -0.25) is 4.79 Å². The van der Waals surface area contributed by atoms with Gasteiger partial charge in [-0.15, -0.1) is 11.3 Å². The van der Waals surface area contributed by atoms with Gasteiger partial charge in [-0.05, 0) is 45.3 Å². The van der Waals surface area contributed by atoms with Crippen molar-refractivity contribution in [3.63, 3.8) is 0 Å². The zero-order valence-electron chi connectivity index (χ0n) is 14.5. The summed E-state index contributed by atoms with van der Waals surface area (Å²) in [6, 6.07) is 0. The fraction of sp³-hybridized carbons (Fsp3) is 0.500. The Labute approximate surface area is 146 Å². The normalized spacial score (nSPS) is 14.4. The Hall–Kier alpha value is -1.95. The van der Waals surface area contributed by atoms with Crippen molar-refractivity contribution in [2.75, 3.05) is 13.1 Å². The Kier molecular flexibility index (Phi) is 5.14. The SMILES string of the molecule is CCCCc1noc(C)c1C=Cc1nc(C)c(C(=O)N2CCC2)s1. The molecular weight excluding hydrogens is 322 g/mol. The summed E-state index contributed by atoms with van der Waals surface area (Å²) in [5.74, 6) is 0.934. The zero-order valence-corrected chi connectivity index (χ0v) is 15.3. The Bertz CT molecular complexity index is 756. The molecule has 0 aliphatic carbocycles. The van der Waals surface area contributed by atoms with Crippen LogP contribution < -0.4 is 0 Å². The first kappa shape index (κ1) is 16.9. The van der Waals surface area contributed by atoms with Crippen LogP contribution in [-0.4, -0.2) is 34.0 Å². The van der Waals surface area contributed by atoms with Crippen molar-refractivity contribution in [2.24, 2.45) is 0 Å². The zero-order chi connectivity index (χ0) is 17.1. The molecule has 0 spiro atoms. The van der Waals surface area contributed by atoms with Crippen molar-refractivity contribution in [1.29, 1.82) is 0 Å². The monoisotopic (exact) mass is 345 g/mol. The van der Waals surface area contributed by atoms with Crippen molar-refractivity contribution >= 4 is 29.4 Å². The van der Waals surface area contributed by atoms with Gasteiger partial charge in [0.05, 0.1) is 11.4 Å². The van der Waals surface area contributed by atoms with E-state index in [1.165, 1.54) is 11.3 Å². The number of unbranched alkanes of at least 4 members (excludes halogenated alkanes) is 1. The summed E-state index contributed by atoms with van der Waals surface area (Å²) in [6.45, 7) is 7.72. The smallest absolute Gasteiger partial charge is 0.265 e. The van der Waals surface area contributed by atoms with Crippen LogP contribution in [0.4, 0.5) is 0 Å². The molecule has 0 unspecified atom stereocenters. The number of rotatable bonds is 6. The summed E-state index contributed by atoms with van der Waals surface area (Å²) < 4.78 is 5.32. The van der Waals surface area contributed by atoms with E-state index in [4.69, 9.17) is 4.52 Å². The third-order valence-electron chi connectivity index (χ3n) is 4.29. The molecule has 0 N–H and O–H groups in total. The first-order valence-electron chi connectivity index (χ1n) is 8.50. The molecule has 2 aromatic rings. The second-order valence-corrected chi connectivity index (χ2v) is 7.18. The molecule has 1 saturated heterocycles. The standard InChI is InChI=1S/C18H23N3O2S/c1-4-5-7-15-14(13(3)23-20-15)8-9-16-19-12(2)17(24-16)18(22)21-10-6-11-21/h8-9H,4-7,10-11H2,1-3H3. The number of carbonyl (C=O) groups excluding carboxylic acids is 1. The van der Waals surface area contributed by atoms with Gasteiger partial charge < -0.3 is 9.42 Å². The average Bonchev–Trinajstić information content (AvgIpc) is 3.04. The minimum atomic E-state index is 0.112. The van der Waals surface area contributed by atoms with Gasteiger partial charge in [-0.2, -0.15) is 0 Å². The Balaban J connectivity index is 1.78. The van der Waals surface area contributed by atoms with E-state index in [0.29, 0.717) is 0 Å². The minimum absolute atomic E-state index is 0.112. The van der Waals surface area contributed by atoms with Crippen molar-refractivity contribution in [2.45, 2.75) is 46.5 Å². The topological polar surface area (TPSA) is 59.2 Å². The van der Waals surface area contributed by atoms with Crippen LogP contribution in [0.25, 0.3) is 12.2 Å². The molecule has 0 radical (unpaired) electrons. The molecular formula is C18H23N3O2S. The molecule has 1 fully saturated rings. The van der Waals surface area contributed by atoms with Gasteiger partial charge in [0, 0.05) is 18.7 Å². The number of amides is 1. The summed E-state index contributed by atoms with van der Waals surface area (Å²) in [6.07, 6.45) is 8.21. The summed E-state index contributed by atoms with van der Waals surface area (Å²) in [4.78, 5) is 19.5. The highest BCUT2D eigenvalue weighted by Crippen LogP contribution is 2.25. The fourth-order valence-corrected chi connectivity index (χ4v) is 3.61. The number of hydrogen-bond donors (Lipinski definition) is 0. The quantitative estimate of drug-likeness (QED) is 0.790. The van der Waals surface area contributed by atoms with Crippen LogP contribution in [0.15, 0.2) is 4.52 Å². The molecule has 0 saturated carbocycles. The van der Waals surface area contributed by atoms with Crippen LogP contribution in [-0.2, 0) is 6.42 Å². The largest absolute Gasteiger partial charge is 0.361 e. The van der Waals surface area contributed by atoms with Crippen molar-refractivity contribution in [3.8, 4) is 0 Å². The summed E-state index contributed by atoms with van der Waals surface area (Å²) >= 11 is 1.46. The molecule has 1 aliphatic rings. The molecule has 1 aliphatic heterocycles. The summed E-state index contributed by atoms with van der Waals surface area (Å²) in [5.41, 5.74) is 2.84.